The van der Waals surface area contributed by atoms with Gasteiger partial charge in [-0.15, -0.1) is 0 Å². The largest absolute Gasteiger partial charge is 0.465 e. The molecule has 0 saturated carbocycles. The van der Waals surface area contributed by atoms with Crippen LogP contribution in [-0.4, -0.2) is 18.0 Å². The second-order valence-corrected chi connectivity index (χ2v) is 5.67. The molecule has 5 nitrogen and oxygen atoms in total. The zero-order valence-corrected chi connectivity index (χ0v) is 13.0. The molecule has 0 atom stereocenters. The van der Waals surface area contributed by atoms with Gasteiger partial charge >= 0.3 is 12.1 Å². The van der Waals surface area contributed by atoms with Gasteiger partial charge in [0.1, 0.15) is 0 Å². The van der Waals surface area contributed by atoms with Crippen molar-refractivity contribution in [1.29, 1.82) is 0 Å². The minimum absolute atomic E-state index is 0.121. The van der Waals surface area contributed by atoms with Crippen LogP contribution in [0.3, 0.4) is 0 Å². The third kappa shape index (κ3) is 4.05. The van der Waals surface area contributed by atoms with Crippen LogP contribution in [0.2, 0.25) is 0 Å². The van der Waals surface area contributed by atoms with Crippen molar-refractivity contribution in [3.8, 4) is 0 Å². The van der Waals surface area contributed by atoms with E-state index in [0.717, 1.165) is 24.9 Å². The third-order valence-electron chi connectivity index (χ3n) is 2.98. The van der Waals surface area contributed by atoms with Gasteiger partial charge < -0.3 is 4.74 Å². The summed E-state index contributed by atoms with van der Waals surface area (Å²) < 4.78 is 44.1. The number of benzene rings is 2. The van der Waals surface area contributed by atoms with E-state index in [0.29, 0.717) is 4.90 Å². The SMILES string of the molecule is COC(=O)c1ccc(Sc2ccc([N+](=O)[O-])cc2)c(C(F)(F)F)c1. The van der Waals surface area contributed by atoms with E-state index < -0.39 is 22.6 Å². The van der Waals surface area contributed by atoms with E-state index in [1.807, 2.05) is 0 Å². The van der Waals surface area contributed by atoms with Crippen LogP contribution in [-0.2, 0) is 10.9 Å². The summed E-state index contributed by atoms with van der Waals surface area (Å²) in [6.45, 7) is 0. The van der Waals surface area contributed by atoms with E-state index in [1.165, 1.54) is 36.4 Å². The van der Waals surface area contributed by atoms with Crippen molar-refractivity contribution in [1.82, 2.24) is 0 Å². The Labute approximate surface area is 138 Å². The average Bonchev–Trinajstić information content (AvgIpc) is 2.54. The molecule has 126 valence electrons. The molecule has 0 aliphatic heterocycles. The molecule has 0 N–H and O–H groups in total. The Bertz CT molecular complexity index is 775. The van der Waals surface area contributed by atoms with Crippen LogP contribution in [0, 0.1) is 10.1 Å². The Hall–Kier alpha value is -2.55. The minimum atomic E-state index is -4.66. The van der Waals surface area contributed by atoms with Crippen LogP contribution in [0.4, 0.5) is 18.9 Å². The van der Waals surface area contributed by atoms with E-state index >= 15 is 0 Å². The lowest BCUT2D eigenvalue weighted by Gasteiger charge is -2.13. The molecular weight excluding hydrogens is 347 g/mol. The van der Waals surface area contributed by atoms with Crippen molar-refractivity contribution < 1.29 is 27.6 Å². The zero-order valence-electron chi connectivity index (χ0n) is 12.2. The summed E-state index contributed by atoms with van der Waals surface area (Å²) in [5, 5.41) is 10.6. The quantitative estimate of drug-likeness (QED) is 0.456. The van der Waals surface area contributed by atoms with E-state index in [-0.39, 0.29) is 16.1 Å². The molecule has 0 saturated heterocycles. The lowest BCUT2D eigenvalue weighted by molar-refractivity contribution is -0.384. The van der Waals surface area contributed by atoms with Crippen LogP contribution >= 0.6 is 11.8 Å². The number of nitro groups is 1. The molecule has 2 aromatic carbocycles. The third-order valence-corrected chi connectivity index (χ3v) is 4.07. The van der Waals surface area contributed by atoms with Crippen molar-refractivity contribution in [2.75, 3.05) is 7.11 Å². The molecule has 0 fully saturated rings. The van der Waals surface area contributed by atoms with Gasteiger partial charge in [0.15, 0.2) is 0 Å². The van der Waals surface area contributed by atoms with Crippen LogP contribution in [0.5, 0.6) is 0 Å². The molecule has 2 aromatic rings. The highest BCUT2D eigenvalue weighted by Crippen LogP contribution is 2.40. The molecule has 0 aliphatic rings. The lowest BCUT2D eigenvalue weighted by Crippen LogP contribution is -2.10. The van der Waals surface area contributed by atoms with Crippen LogP contribution in [0.15, 0.2) is 52.3 Å². The first-order valence-corrected chi connectivity index (χ1v) is 7.26. The molecule has 0 unspecified atom stereocenters. The molecule has 0 aliphatic carbocycles. The molecular formula is C15H10F3NO4S. The van der Waals surface area contributed by atoms with Crippen molar-refractivity contribution in [3.63, 3.8) is 0 Å². The fourth-order valence-electron chi connectivity index (χ4n) is 1.85. The first kappa shape index (κ1) is 17.8. The first-order chi connectivity index (χ1) is 11.2. The normalized spacial score (nSPS) is 11.2. The number of ether oxygens (including phenoxy) is 1. The number of methoxy groups -OCH3 is 1. The maximum Gasteiger partial charge on any atom is 0.417 e. The predicted molar refractivity (Wildman–Crippen MR) is 80.0 cm³/mol. The molecule has 9 heteroatoms. The standard InChI is InChI=1S/C15H10F3NO4S/c1-23-14(20)9-2-7-13(12(8-9)15(16,17)18)24-11-5-3-10(4-6-11)19(21)22/h2-8H,1H3. The molecule has 0 heterocycles. The number of halogens is 3. The molecule has 0 amide bonds. The Morgan fingerprint density at radius 2 is 1.79 bits per heavy atom. The van der Waals surface area contributed by atoms with E-state index in [2.05, 4.69) is 4.74 Å². The van der Waals surface area contributed by atoms with Gasteiger partial charge in [-0.1, -0.05) is 11.8 Å². The van der Waals surface area contributed by atoms with E-state index in [9.17, 15) is 28.1 Å². The summed E-state index contributed by atoms with van der Waals surface area (Å²) in [7, 11) is 1.08. The Balaban J connectivity index is 2.38. The number of hydrogen-bond donors (Lipinski definition) is 0. The molecule has 2 rings (SSSR count). The van der Waals surface area contributed by atoms with Crippen molar-refractivity contribution in [3.05, 3.63) is 63.7 Å². The number of nitro benzene ring substituents is 1. The fourth-order valence-corrected chi connectivity index (χ4v) is 2.79. The van der Waals surface area contributed by atoms with Gasteiger partial charge in [0.25, 0.3) is 5.69 Å². The van der Waals surface area contributed by atoms with E-state index in [1.54, 1.807) is 0 Å². The maximum atomic E-state index is 13.2. The van der Waals surface area contributed by atoms with Gasteiger partial charge in [-0.2, -0.15) is 13.2 Å². The highest BCUT2D eigenvalue weighted by atomic mass is 32.2. The smallest absolute Gasteiger partial charge is 0.417 e. The van der Waals surface area contributed by atoms with E-state index in [4.69, 9.17) is 0 Å². The molecule has 0 spiro atoms. The number of carbonyl (C=O) groups is 1. The van der Waals surface area contributed by atoms with Gasteiger partial charge in [-0.05, 0) is 30.3 Å². The fraction of sp³-hybridized carbons (Fsp3) is 0.133. The Morgan fingerprint density at radius 3 is 2.29 bits per heavy atom. The second-order valence-electron chi connectivity index (χ2n) is 4.55. The summed E-state index contributed by atoms with van der Waals surface area (Å²) in [6.07, 6.45) is -4.66. The molecule has 24 heavy (non-hydrogen) atoms. The van der Waals surface area contributed by atoms with Gasteiger partial charge in [0.05, 0.1) is 23.2 Å². The Kier molecular flexibility index (Phi) is 5.13. The average molecular weight is 357 g/mol. The summed E-state index contributed by atoms with van der Waals surface area (Å²) >= 11 is 0.795. The summed E-state index contributed by atoms with van der Waals surface area (Å²) in [4.78, 5) is 21.7. The number of rotatable bonds is 4. The highest BCUT2D eigenvalue weighted by Gasteiger charge is 2.34. The second kappa shape index (κ2) is 6.91. The maximum absolute atomic E-state index is 13.2. The Morgan fingerprint density at radius 1 is 1.17 bits per heavy atom. The summed E-state index contributed by atoms with van der Waals surface area (Å²) in [6, 6.07) is 8.25. The van der Waals surface area contributed by atoms with Crippen LogP contribution in [0.25, 0.3) is 0 Å². The van der Waals surface area contributed by atoms with Crippen LogP contribution < -0.4 is 0 Å². The number of carbonyl (C=O) groups excluding carboxylic acids is 1. The van der Waals surface area contributed by atoms with Gasteiger partial charge in [0.2, 0.25) is 0 Å². The van der Waals surface area contributed by atoms with Crippen molar-refractivity contribution in [2.24, 2.45) is 0 Å². The number of nitrogens with zero attached hydrogens (tertiary/aromatic N) is 1. The number of alkyl halides is 3. The van der Waals surface area contributed by atoms with Gasteiger partial charge in [-0.25, -0.2) is 4.79 Å². The number of hydrogen-bond acceptors (Lipinski definition) is 5. The van der Waals surface area contributed by atoms with Gasteiger partial charge in [0, 0.05) is 21.9 Å². The molecule has 0 radical (unpaired) electrons. The number of non-ortho nitro benzene ring substituents is 1. The van der Waals surface area contributed by atoms with Crippen molar-refractivity contribution >= 4 is 23.4 Å². The number of esters is 1. The first-order valence-electron chi connectivity index (χ1n) is 6.44. The molecule has 0 bridgehead atoms. The zero-order chi connectivity index (χ0) is 17.9. The monoisotopic (exact) mass is 357 g/mol. The van der Waals surface area contributed by atoms with Crippen molar-refractivity contribution in [2.45, 2.75) is 16.0 Å². The topological polar surface area (TPSA) is 69.4 Å². The highest BCUT2D eigenvalue weighted by molar-refractivity contribution is 7.99. The lowest BCUT2D eigenvalue weighted by atomic mass is 10.1. The summed E-state index contributed by atoms with van der Waals surface area (Å²) in [5.41, 5.74) is -1.34. The minimum Gasteiger partial charge on any atom is -0.465 e. The predicted octanol–water partition coefficient (Wildman–Crippen LogP) is 4.55. The summed E-state index contributed by atoms with van der Waals surface area (Å²) in [5.74, 6) is -0.868. The van der Waals surface area contributed by atoms with Crippen LogP contribution in [0.1, 0.15) is 15.9 Å². The molecule has 0 aromatic heterocycles. The van der Waals surface area contributed by atoms with Gasteiger partial charge in [-0.3, -0.25) is 10.1 Å².